The maximum absolute atomic E-state index is 12.1. The van der Waals surface area contributed by atoms with Crippen molar-refractivity contribution in [1.29, 1.82) is 0 Å². The highest BCUT2D eigenvalue weighted by Gasteiger charge is 2.15. The number of rotatable bonds is 6. The molecule has 2 N–H and O–H groups in total. The standard InChI is InChI=1S/C18H18ClN3O3/c1-12(18(24)22-16-9-10-20-11-15(16)19)21-17(23)8-5-13-3-6-14(25-2)7-4-13/h3-12H,1-2H3,(H,21,23)(H,20,22,24)/b8-5+/t12-/m0/s1. The van der Waals surface area contributed by atoms with Crippen LogP contribution < -0.4 is 15.4 Å². The minimum atomic E-state index is -0.725. The van der Waals surface area contributed by atoms with Gasteiger partial charge >= 0.3 is 0 Å². The van der Waals surface area contributed by atoms with Gasteiger partial charge in [0, 0.05) is 18.5 Å². The Kier molecular flexibility index (Phi) is 6.54. The lowest BCUT2D eigenvalue weighted by Crippen LogP contribution is -2.40. The highest BCUT2D eigenvalue weighted by molar-refractivity contribution is 6.33. The average molecular weight is 360 g/mol. The molecule has 130 valence electrons. The van der Waals surface area contributed by atoms with Crippen LogP contribution in [0.5, 0.6) is 5.75 Å². The van der Waals surface area contributed by atoms with Crippen molar-refractivity contribution in [1.82, 2.24) is 10.3 Å². The number of carbonyl (C=O) groups excluding carboxylic acids is 2. The monoisotopic (exact) mass is 359 g/mol. The second-order valence-corrected chi connectivity index (χ2v) is 5.59. The van der Waals surface area contributed by atoms with Crippen LogP contribution in [0.3, 0.4) is 0 Å². The maximum Gasteiger partial charge on any atom is 0.246 e. The molecule has 1 aromatic heterocycles. The van der Waals surface area contributed by atoms with Gasteiger partial charge < -0.3 is 15.4 Å². The smallest absolute Gasteiger partial charge is 0.246 e. The number of nitrogens with zero attached hydrogens (tertiary/aromatic N) is 1. The van der Waals surface area contributed by atoms with Crippen LogP contribution in [-0.2, 0) is 9.59 Å². The van der Waals surface area contributed by atoms with E-state index in [1.54, 1.807) is 38.3 Å². The number of anilines is 1. The van der Waals surface area contributed by atoms with E-state index in [-0.39, 0.29) is 11.8 Å². The zero-order valence-corrected chi connectivity index (χ0v) is 14.6. The van der Waals surface area contributed by atoms with E-state index in [1.165, 1.54) is 18.5 Å². The quantitative estimate of drug-likeness (QED) is 0.777. The van der Waals surface area contributed by atoms with Gasteiger partial charge in [-0.05, 0) is 36.8 Å². The average Bonchev–Trinajstić information content (AvgIpc) is 2.62. The van der Waals surface area contributed by atoms with E-state index in [9.17, 15) is 9.59 Å². The van der Waals surface area contributed by atoms with E-state index in [2.05, 4.69) is 15.6 Å². The highest BCUT2D eigenvalue weighted by Crippen LogP contribution is 2.19. The Morgan fingerprint density at radius 1 is 1.24 bits per heavy atom. The summed E-state index contributed by atoms with van der Waals surface area (Å²) in [6, 6.07) is 8.10. The lowest BCUT2D eigenvalue weighted by atomic mass is 10.2. The summed E-state index contributed by atoms with van der Waals surface area (Å²) in [5.74, 6) is -0.0136. The lowest BCUT2D eigenvalue weighted by molar-refractivity contribution is -0.123. The number of nitrogens with one attached hydrogen (secondary N) is 2. The summed E-state index contributed by atoms with van der Waals surface area (Å²) in [6.45, 7) is 1.59. The summed E-state index contributed by atoms with van der Waals surface area (Å²) < 4.78 is 5.07. The normalized spacial score (nSPS) is 11.8. The predicted octanol–water partition coefficient (Wildman–Crippen LogP) is 2.90. The number of halogens is 1. The van der Waals surface area contributed by atoms with Crippen molar-refractivity contribution in [3.05, 3.63) is 59.4 Å². The van der Waals surface area contributed by atoms with E-state index in [4.69, 9.17) is 16.3 Å². The summed E-state index contributed by atoms with van der Waals surface area (Å²) in [7, 11) is 1.59. The number of pyridine rings is 1. The number of ether oxygens (including phenoxy) is 1. The minimum absolute atomic E-state index is 0.328. The molecule has 0 saturated carbocycles. The van der Waals surface area contributed by atoms with E-state index in [0.29, 0.717) is 10.7 Å². The molecule has 0 bridgehead atoms. The van der Waals surface area contributed by atoms with E-state index < -0.39 is 6.04 Å². The molecular formula is C18H18ClN3O3. The molecule has 25 heavy (non-hydrogen) atoms. The van der Waals surface area contributed by atoms with Gasteiger partial charge in [0.2, 0.25) is 11.8 Å². The first-order valence-corrected chi connectivity index (χ1v) is 7.90. The number of aromatic nitrogens is 1. The van der Waals surface area contributed by atoms with Gasteiger partial charge in [-0.15, -0.1) is 0 Å². The van der Waals surface area contributed by atoms with Crippen LogP contribution in [-0.4, -0.2) is 29.9 Å². The molecule has 0 aliphatic rings. The molecule has 1 heterocycles. The van der Waals surface area contributed by atoms with E-state index >= 15 is 0 Å². The van der Waals surface area contributed by atoms with Crippen LogP contribution in [0.25, 0.3) is 6.08 Å². The van der Waals surface area contributed by atoms with Crippen LogP contribution >= 0.6 is 11.6 Å². The minimum Gasteiger partial charge on any atom is -0.497 e. The molecule has 0 unspecified atom stereocenters. The first kappa shape index (κ1) is 18.5. The molecule has 2 aromatic rings. The molecule has 1 aromatic carbocycles. The third-order valence-corrected chi connectivity index (χ3v) is 3.63. The van der Waals surface area contributed by atoms with Gasteiger partial charge in [0.05, 0.1) is 17.8 Å². The lowest BCUT2D eigenvalue weighted by Gasteiger charge is -2.13. The van der Waals surface area contributed by atoms with Crippen LogP contribution in [0, 0.1) is 0 Å². The Bertz CT molecular complexity index is 775. The summed E-state index contributed by atoms with van der Waals surface area (Å²) in [4.78, 5) is 27.9. The molecule has 0 aliphatic carbocycles. The van der Waals surface area contributed by atoms with Gasteiger partial charge in [-0.2, -0.15) is 0 Å². The number of amides is 2. The Morgan fingerprint density at radius 3 is 2.60 bits per heavy atom. The molecule has 6 nitrogen and oxygen atoms in total. The third-order valence-electron chi connectivity index (χ3n) is 3.33. The Hall–Kier alpha value is -2.86. The summed E-state index contributed by atoms with van der Waals surface area (Å²) in [5, 5.41) is 5.56. The van der Waals surface area contributed by atoms with Crippen LogP contribution in [0.1, 0.15) is 12.5 Å². The highest BCUT2D eigenvalue weighted by atomic mass is 35.5. The van der Waals surface area contributed by atoms with Gasteiger partial charge in [0.25, 0.3) is 0 Å². The molecule has 0 spiro atoms. The van der Waals surface area contributed by atoms with E-state index in [0.717, 1.165) is 11.3 Å². The van der Waals surface area contributed by atoms with Crippen LogP contribution in [0.2, 0.25) is 5.02 Å². The largest absolute Gasteiger partial charge is 0.497 e. The molecule has 1 atom stereocenters. The second-order valence-electron chi connectivity index (χ2n) is 5.18. The molecule has 0 fully saturated rings. The Balaban J connectivity index is 1.89. The Morgan fingerprint density at radius 2 is 1.96 bits per heavy atom. The first-order chi connectivity index (χ1) is 12.0. The second kappa shape index (κ2) is 8.84. The summed E-state index contributed by atoms with van der Waals surface area (Å²) >= 11 is 5.93. The number of carbonyl (C=O) groups is 2. The topological polar surface area (TPSA) is 80.3 Å². The fraction of sp³-hybridized carbons (Fsp3) is 0.167. The van der Waals surface area contributed by atoms with Crippen molar-refractivity contribution in [3.8, 4) is 5.75 Å². The van der Waals surface area contributed by atoms with Crippen molar-refractivity contribution in [2.45, 2.75) is 13.0 Å². The van der Waals surface area contributed by atoms with Gasteiger partial charge in [0.1, 0.15) is 11.8 Å². The predicted molar refractivity (Wildman–Crippen MR) is 97.5 cm³/mol. The molecule has 0 aliphatic heterocycles. The molecule has 0 radical (unpaired) electrons. The fourth-order valence-electron chi connectivity index (χ4n) is 1.93. The number of hydrogen-bond acceptors (Lipinski definition) is 4. The number of methoxy groups -OCH3 is 1. The molecule has 0 saturated heterocycles. The maximum atomic E-state index is 12.1. The van der Waals surface area contributed by atoms with Crippen molar-refractivity contribution in [2.75, 3.05) is 12.4 Å². The summed E-state index contributed by atoms with van der Waals surface area (Å²) in [5.41, 5.74) is 1.29. The van der Waals surface area contributed by atoms with Crippen molar-refractivity contribution in [2.24, 2.45) is 0 Å². The van der Waals surface area contributed by atoms with Crippen molar-refractivity contribution in [3.63, 3.8) is 0 Å². The Labute approximate surface area is 150 Å². The zero-order chi connectivity index (χ0) is 18.2. The molecule has 7 heteroatoms. The molecular weight excluding hydrogens is 342 g/mol. The molecule has 2 amide bonds. The van der Waals surface area contributed by atoms with Gasteiger partial charge in [-0.3, -0.25) is 14.6 Å². The van der Waals surface area contributed by atoms with Crippen molar-refractivity contribution < 1.29 is 14.3 Å². The fourth-order valence-corrected chi connectivity index (χ4v) is 2.10. The van der Waals surface area contributed by atoms with Crippen molar-refractivity contribution >= 4 is 35.2 Å². The van der Waals surface area contributed by atoms with E-state index in [1.807, 2.05) is 12.1 Å². The zero-order valence-electron chi connectivity index (χ0n) is 13.8. The summed E-state index contributed by atoms with van der Waals surface area (Å²) in [6.07, 6.45) is 5.96. The van der Waals surface area contributed by atoms with Crippen LogP contribution in [0.15, 0.2) is 48.8 Å². The van der Waals surface area contributed by atoms with Crippen LogP contribution in [0.4, 0.5) is 5.69 Å². The molecule has 2 rings (SSSR count). The third kappa shape index (κ3) is 5.61. The van der Waals surface area contributed by atoms with Gasteiger partial charge in [-0.1, -0.05) is 23.7 Å². The number of benzene rings is 1. The first-order valence-electron chi connectivity index (χ1n) is 7.52. The van der Waals surface area contributed by atoms with Gasteiger partial charge in [0.15, 0.2) is 0 Å². The van der Waals surface area contributed by atoms with Gasteiger partial charge in [-0.25, -0.2) is 0 Å². The SMILES string of the molecule is COc1ccc(/C=C/C(=O)N[C@@H](C)C(=O)Nc2ccncc2Cl)cc1. The number of hydrogen-bond donors (Lipinski definition) is 2.